The fourth-order valence-electron chi connectivity index (χ4n) is 12.7. The Morgan fingerprint density at radius 2 is 1.41 bits per heavy atom. The molecule has 0 aromatic rings. The summed E-state index contributed by atoms with van der Waals surface area (Å²) in [5.74, 6) is -8.81. The molecule has 6 fully saturated rings. The Bertz CT molecular complexity index is 1560. The van der Waals surface area contributed by atoms with Crippen LogP contribution in [-0.4, -0.2) is 126 Å². The van der Waals surface area contributed by atoms with Crippen LogP contribution in [0.15, 0.2) is 0 Å². The maximum atomic E-state index is 12.4. The van der Waals surface area contributed by atoms with Crippen LogP contribution in [0.4, 0.5) is 0 Å². The van der Waals surface area contributed by atoms with E-state index in [0.29, 0.717) is 64.2 Å². The third kappa shape index (κ3) is 10.3. The molecule has 63 heavy (non-hydrogen) atoms. The summed E-state index contributed by atoms with van der Waals surface area (Å²) < 4.78 is 39.1. The van der Waals surface area contributed by atoms with Crippen LogP contribution in [0.2, 0.25) is 0 Å². The van der Waals surface area contributed by atoms with Crippen molar-refractivity contribution >= 4 is 5.97 Å². The average molecular weight is 907 g/mol. The number of hydrogen-bond acceptors (Lipinski definition) is 14. The summed E-state index contributed by atoms with van der Waals surface area (Å²) in [6, 6.07) is 0. The number of carboxylic acids is 1. The molecule has 15 heteroatoms. The normalized spacial score (nSPS) is 51.5. The Kier molecular flexibility index (Phi) is 16.9. The van der Waals surface area contributed by atoms with E-state index in [4.69, 9.17) is 28.4 Å². The molecule has 6 N–H and O–H groups in total. The zero-order valence-electron chi connectivity index (χ0n) is 40.7. The molecule has 0 amide bonds. The number of ether oxygens (including phenoxy) is 6. The van der Waals surface area contributed by atoms with Gasteiger partial charge in [-0.25, -0.2) is 0 Å². The van der Waals surface area contributed by atoms with Crippen molar-refractivity contribution in [3.8, 4) is 0 Å². The molecule has 0 radical (unpaired) electrons. The number of carbonyl (C=O) groups excluding carboxylic acids is 1. The summed E-state index contributed by atoms with van der Waals surface area (Å²) in [4.78, 5) is 11.7. The number of aliphatic hydroxyl groups excluding tert-OH is 2. The molecule has 360 valence electrons. The van der Waals surface area contributed by atoms with E-state index in [2.05, 4.69) is 6.92 Å². The second kappa shape index (κ2) is 19.8. The number of carbonyl (C=O) groups is 1. The van der Waals surface area contributed by atoms with E-state index in [0.717, 1.165) is 6.42 Å². The van der Waals surface area contributed by atoms with Gasteiger partial charge in [0.1, 0.15) is 11.7 Å². The molecule has 14 nitrogen and oxygen atoms in total. The van der Waals surface area contributed by atoms with Gasteiger partial charge in [-0.2, -0.15) is 0 Å². The SMILES string of the molecule is CCC1OC(C2(C)CC(C)C(O)(C3(C)CCC(C(O)C4(O)OC(CC5(O)OC(C(C)C(O)CC6OC(C(C)C(=O)[O-])C(C)CC6C)CCC5C)C(C)CC4C)O3)O2)CCC1(C)O.[Na+]. The van der Waals surface area contributed by atoms with Crippen molar-refractivity contribution in [3.05, 3.63) is 0 Å². The Balaban J connectivity index is 0.00000748. The van der Waals surface area contributed by atoms with Crippen molar-refractivity contribution in [3.63, 3.8) is 0 Å². The van der Waals surface area contributed by atoms with Crippen LogP contribution in [-0.2, 0) is 33.2 Å². The minimum atomic E-state index is -2.04. The van der Waals surface area contributed by atoms with E-state index in [1.807, 2.05) is 55.4 Å². The van der Waals surface area contributed by atoms with E-state index >= 15 is 0 Å². The van der Waals surface area contributed by atoms with E-state index in [1.165, 1.54) is 0 Å². The number of aliphatic hydroxyl groups is 6. The Labute approximate surface area is 399 Å². The molecule has 23 atom stereocenters. The van der Waals surface area contributed by atoms with Gasteiger partial charge in [0.2, 0.25) is 0 Å². The fraction of sp³-hybridized carbons (Fsp3) is 0.979. The zero-order valence-corrected chi connectivity index (χ0v) is 42.7. The topological polar surface area (TPSA) is 217 Å². The number of carboxylic acid groups (broad SMARTS) is 1. The van der Waals surface area contributed by atoms with Gasteiger partial charge in [-0.15, -0.1) is 0 Å². The first kappa shape index (κ1) is 53.9. The molecule has 0 aromatic heterocycles. The first-order valence-electron chi connectivity index (χ1n) is 24.1. The average Bonchev–Trinajstić information content (AvgIpc) is 3.72. The van der Waals surface area contributed by atoms with Crippen molar-refractivity contribution in [2.24, 2.45) is 47.3 Å². The molecule has 6 heterocycles. The fourth-order valence-corrected chi connectivity index (χ4v) is 12.7. The third-order valence-corrected chi connectivity index (χ3v) is 17.3. The van der Waals surface area contributed by atoms with E-state index < -0.39 is 88.6 Å². The molecule has 6 rings (SSSR count). The van der Waals surface area contributed by atoms with Crippen LogP contribution in [0.25, 0.3) is 0 Å². The minimum absolute atomic E-state index is 0. The van der Waals surface area contributed by atoms with Gasteiger partial charge in [0.25, 0.3) is 0 Å². The molecule has 6 aliphatic heterocycles. The number of rotatable bonds is 13. The number of hydrogen-bond donors (Lipinski definition) is 6. The maximum Gasteiger partial charge on any atom is 1.00 e. The Morgan fingerprint density at radius 3 is 2.05 bits per heavy atom. The molecule has 0 aliphatic carbocycles. The van der Waals surface area contributed by atoms with Gasteiger partial charge in [-0.05, 0) is 103 Å². The summed E-state index contributed by atoms with van der Waals surface area (Å²) in [6.45, 7) is 22.8. The largest absolute Gasteiger partial charge is 1.00 e. The molecule has 0 bridgehead atoms. The maximum absolute atomic E-state index is 12.4. The van der Waals surface area contributed by atoms with Gasteiger partial charge in [-0.3, -0.25) is 0 Å². The minimum Gasteiger partial charge on any atom is -0.550 e. The predicted octanol–water partition coefficient (Wildman–Crippen LogP) is 1.35. The summed E-state index contributed by atoms with van der Waals surface area (Å²) in [5.41, 5.74) is -3.01. The Hall–Kier alpha value is -0.0100. The molecular formula is C48H83NaO14. The van der Waals surface area contributed by atoms with Crippen LogP contribution >= 0.6 is 0 Å². The Morgan fingerprint density at radius 1 is 0.762 bits per heavy atom. The summed E-state index contributed by atoms with van der Waals surface area (Å²) >= 11 is 0. The predicted molar refractivity (Wildman–Crippen MR) is 227 cm³/mol. The van der Waals surface area contributed by atoms with E-state index in [9.17, 15) is 40.5 Å². The van der Waals surface area contributed by atoms with Crippen LogP contribution in [0, 0.1) is 47.3 Å². The van der Waals surface area contributed by atoms with Gasteiger partial charge < -0.3 is 69.0 Å². The van der Waals surface area contributed by atoms with Crippen LogP contribution in [0.3, 0.4) is 0 Å². The van der Waals surface area contributed by atoms with Crippen molar-refractivity contribution in [2.75, 3.05) is 0 Å². The van der Waals surface area contributed by atoms with E-state index in [-0.39, 0.29) is 89.8 Å². The quantitative estimate of drug-likeness (QED) is 0.144. The molecule has 23 unspecified atom stereocenters. The third-order valence-electron chi connectivity index (χ3n) is 17.3. The standard InChI is InChI=1S/C48H84O14.Na/c1-13-38-43(10,53)18-17-39(58-38)44(11)23-30(7)48(56,62-44)45(12)19-16-35(59-45)41(50)47(55)29(6)21-26(3)37(61-47)24-46(54)28(5)14-15-34(60-46)31(8)33(49)22-36-25(2)20-27(4)40(57-36)32(9)42(51)52;/h25-41,49-50,53-56H,13-24H2,1-12H3,(H,51,52);/q;+1/p-1. The first-order chi connectivity index (χ1) is 28.6. The van der Waals surface area contributed by atoms with Gasteiger partial charge in [0.05, 0.1) is 60.0 Å². The van der Waals surface area contributed by atoms with Crippen molar-refractivity contribution in [1.29, 1.82) is 0 Å². The second-order valence-electron chi connectivity index (χ2n) is 22.3. The zero-order chi connectivity index (χ0) is 46.1. The monoisotopic (exact) mass is 907 g/mol. The summed E-state index contributed by atoms with van der Waals surface area (Å²) in [7, 11) is 0. The summed E-state index contributed by atoms with van der Waals surface area (Å²) in [6.07, 6.45) is -0.138. The molecule has 6 saturated heterocycles. The van der Waals surface area contributed by atoms with E-state index in [1.54, 1.807) is 20.8 Å². The molecule has 0 aromatic carbocycles. The smallest absolute Gasteiger partial charge is 0.550 e. The van der Waals surface area contributed by atoms with Crippen molar-refractivity contribution in [2.45, 2.75) is 249 Å². The van der Waals surface area contributed by atoms with Crippen LogP contribution in [0.5, 0.6) is 0 Å². The first-order valence-corrected chi connectivity index (χ1v) is 24.1. The molecule has 6 aliphatic rings. The molecule has 0 spiro atoms. The van der Waals surface area contributed by atoms with Gasteiger partial charge in [0, 0.05) is 48.4 Å². The van der Waals surface area contributed by atoms with Gasteiger partial charge in [-0.1, -0.05) is 62.3 Å². The van der Waals surface area contributed by atoms with Crippen molar-refractivity contribution < 1.29 is 98.5 Å². The number of aliphatic carboxylic acids is 1. The summed E-state index contributed by atoms with van der Waals surface area (Å²) in [5, 5.41) is 83.2. The molecular weight excluding hydrogens is 824 g/mol. The second-order valence-corrected chi connectivity index (χ2v) is 22.3. The molecule has 0 saturated carbocycles. The van der Waals surface area contributed by atoms with Gasteiger partial charge in [0.15, 0.2) is 17.4 Å². The van der Waals surface area contributed by atoms with Crippen LogP contribution in [0.1, 0.15) is 160 Å². The van der Waals surface area contributed by atoms with Gasteiger partial charge >= 0.3 is 29.6 Å². The van der Waals surface area contributed by atoms with Crippen molar-refractivity contribution in [1.82, 2.24) is 0 Å². The van der Waals surface area contributed by atoms with Crippen LogP contribution < -0.4 is 34.7 Å².